The maximum atomic E-state index is 12.4. The normalized spacial score (nSPS) is 10.3. The summed E-state index contributed by atoms with van der Waals surface area (Å²) in [6, 6.07) is 6.41. The lowest BCUT2D eigenvalue weighted by Crippen LogP contribution is -2.22. The van der Waals surface area contributed by atoms with Crippen LogP contribution in [0, 0.1) is 17.6 Å². The van der Waals surface area contributed by atoms with Crippen LogP contribution >= 0.6 is 67.8 Å². The predicted molar refractivity (Wildman–Crippen MR) is 122 cm³/mol. The van der Waals surface area contributed by atoms with Crippen LogP contribution in [-0.4, -0.2) is 24.2 Å². The molecule has 2 aromatic carbocycles. The molecule has 25 heavy (non-hydrogen) atoms. The van der Waals surface area contributed by atoms with Crippen LogP contribution in [0.1, 0.15) is 15.9 Å². The largest absolute Gasteiger partial charge is 0.496 e. The zero-order chi connectivity index (χ0) is 18.7. The molecule has 0 bridgehead atoms. The Hall–Kier alpha value is -0.830. The fourth-order valence-corrected chi connectivity index (χ4v) is 4.79. The molecule has 132 valence electrons. The number of ether oxygens (including phenoxy) is 1. The van der Waals surface area contributed by atoms with Crippen LogP contribution in [-0.2, 0) is 0 Å². The Balaban J connectivity index is 2.29. The van der Waals surface area contributed by atoms with E-state index in [-0.39, 0.29) is 11.3 Å². The van der Waals surface area contributed by atoms with Crippen LogP contribution in [0.15, 0.2) is 24.3 Å². The predicted octanol–water partition coefficient (Wildman–Crippen LogP) is 5.16. The van der Waals surface area contributed by atoms with Gasteiger partial charge in [0.1, 0.15) is 5.75 Å². The smallest absolute Gasteiger partial charge is 0.337 e. The van der Waals surface area contributed by atoms with E-state index in [1.54, 1.807) is 26.2 Å². The zero-order valence-electron chi connectivity index (χ0n) is 13.1. The number of amides is 2. The van der Waals surface area contributed by atoms with Crippen LogP contribution in [0.2, 0.25) is 0 Å². The minimum absolute atomic E-state index is 0.0504. The molecule has 0 aliphatic rings. The lowest BCUT2D eigenvalue weighted by Gasteiger charge is -2.15. The minimum atomic E-state index is -1.09. The molecule has 6 nitrogen and oxygen atoms in total. The zero-order valence-corrected chi connectivity index (χ0v) is 19.6. The Kier molecular flexibility index (Phi) is 7.13. The summed E-state index contributed by atoms with van der Waals surface area (Å²) in [5.74, 6) is -0.449. The number of nitrogens with one attached hydrogen (secondary N) is 2. The summed E-state index contributed by atoms with van der Waals surface area (Å²) in [4.78, 5) is 23.8. The van der Waals surface area contributed by atoms with Crippen LogP contribution in [0.4, 0.5) is 16.2 Å². The van der Waals surface area contributed by atoms with Crippen molar-refractivity contribution in [2.75, 3.05) is 17.7 Å². The number of methoxy groups -OCH3 is 1. The lowest BCUT2D eigenvalue weighted by molar-refractivity contribution is 0.0698. The monoisotopic (exact) mass is 678 g/mol. The molecular weight excluding hydrogens is 665 g/mol. The average Bonchev–Trinajstić information content (AvgIpc) is 2.52. The van der Waals surface area contributed by atoms with Gasteiger partial charge in [0.15, 0.2) is 0 Å². The van der Waals surface area contributed by atoms with E-state index in [0.717, 1.165) is 10.7 Å². The van der Waals surface area contributed by atoms with Gasteiger partial charge in [-0.25, -0.2) is 9.59 Å². The topological polar surface area (TPSA) is 87.7 Å². The molecule has 0 aromatic heterocycles. The number of hydrogen-bond donors (Lipinski definition) is 3. The van der Waals surface area contributed by atoms with Crippen molar-refractivity contribution in [2.45, 2.75) is 6.92 Å². The Morgan fingerprint density at radius 2 is 1.72 bits per heavy atom. The van der Waals surface area contributed by atoms with Gasteiger partial charge in [-0.1, -0.05) is 0 Å². The third-order valence-corrected chi connectivity index (χ3v) is 5.62. The van der Waals surface area contributed by atoms with E-state index in [4.69, 9.17) is 4.74 Å². The van der Waals surface area contributed by atoms with Crippen molar-refractivity contribution >= 4 is 91.1 Å². The first kappa shape index (κ1) is 20.5. The molecular formula is C16H13I3N2O4. The first-order valence-electron chi connectivity index (χ1n) is 6.87. The number of benzene rings is 2. The van der Waals surface area contributed by atoms with Gasteiger partial charge in [-0.2, -0.15) is 0 Å². The molecule has 0 radical (unpaired) electrons. The summed E-state index contributed by atoms with van der Waals surface area (Å²) < 4.78 is 7.82. The van der Waals surface area contributed by atoms with Crippen molar-refractivity contribution in [2.24, 2.45) is 0 Å². The van der Waals surface area contributed by atoms with Gasteiger partial charge in [-0.05, 0) is 98.5 Å². The van der Waals surface area contributed by atoms with Gasteiger partial charge in [0.25, 0.3) is 0 Å². The Labute approximate surface area is 185 Å². The first-order valence-corrected chi connectivity index (χ1v) is 10.1. The summed E-state index contributed by atoms with van der Waals surface area (Å²) in [7, 11) is 1.56. The van der Waals surface area contributed by atoms with E-state index in [0.29, 0.717) is 17.0 Å². The summed E-state index contributed by atoms with van der Waals surface area (Å²) in [5.41, 5.74) is 1.58. The molecule has 3 N–H and O–H groups in total. The highest BCUT2D eigenvalue weighted by Crippen LogP contribution is 2.30. The van der Waals surface area contributed by atoms with Crippen LogP contribution in [0.3, 0.4) is 0 Å². The van der Waals surface area contributed by atoms with Gasteiger partial charge in [0.05, 0.1) is 27.6 Å². The molecule has 0 heterocycles. The molecule has 0 saturated carbocycles. The third kappa shape index (κ3) is 5.09. The van der Waals surface area contributed by atoms with E-state index in [2.05, 4.69) is 55.8 Å². The maximum absolute atomic E-state index is 12.4. The SMILES string of the molecule is COc1cc(NC(=O)Nc2c(C)cc(I)cc2C(=O)O)c(I)cc1I. The number of halogens is 3. The molecule has 0 saturated heterocycles. The molecule has 2 aromatic rings. The van der Waals surface area contributed by atoms with Gasteiger partial charge in [0.2, 0.25) is 0 Å². The number of carbonyl (C=O) groups is 2. The fraction of sp³-hybridized carbons (Fsp3) is 0.125. The summed E-state index contributed by atoms with van der Waals surface area (Å²) in [5, 5.41) is 14.7. The van der Waals surface area contributed by atoms with Gasteiger partial charge in [0, 0.05) is 13.2 Å². The molecule has 0 atom stereocenters. The van der Waals surface area contributed by atoms with Crippen LogP contribution < -0.4 is 15.4 Å². The van der Waals surface area contributed by atoms with E-state index < -0.39 is 12.0 Å². The van der Waals surface area contributed by atoms with E-state index in [1.165, 1.54) is 6.07 Å². The summed E-state index contributed by atoms with van der Waals surface area (Å²) in [6.07, 6.45) is 0. The second-order valence-corrected chi connectivity index (χ2v) is 8.57. The first-order chi connectivity index (χ1) is 11.7. The number of rotatable bonds is 4. The molecule has 0 aliphatic carbocycles. The maximum Gasteiger partial charge on any atom is 0.337 e. The highest BCUT2D eigenvalue weighted by Gasteiger charge is 2.17. The molecule has 0 spiro atoms. The summed E-state index contributed by atoms with van der Waals surface area (Å²) in [6.45, 7) is 1.75. The Morgan fingerprint density at radius 1 is 1.04 bits per heavy atom. The van der Waals surface area contributed by atoms with E-state index >= 15 is 0 Å². The number of carboxylic acid groups (broad SMARTS) is 1. The van der Waals surface area contributed by atoms with E-state index in [9.17, 15) is 14.7 Å². The molecule has 0 fully saturated rings. The highest BCUT2D eigenvalue weighted by molar-refractivity contribution is 14.1. The number of carboxylic acids is 1. The molecule has 0 aliphatic heterocycles. The third-order valence-electron chi connectivity index (χ3n) is 3.26. The van der Waals surface area contributed by atoms with Gasteiger partial charge < -0.3 is 20.5 Å². The van der Waals surface area contributed by atoms with Gasteiger partial charge >= 0.3 is 12.0 Å². The standard InChI is InChI=1S/C16H13I3N2O4/c1-7-3-8(17)4-9(15(22)23)14(7)21-16(24)20-12-6-13(25-2)11(19)5-10(12)18/h3-6H,1-2H3,(H,22,23)(H2,20,21,24). The van der Waals surface area contributed by atoms with Crippen molar-refractivity contribution in [1.82, 2.24) is 0 Å². The quantitative estimate of drug-likeness (QED) is 0.391. The molecule has 0 unspecified atom stereocenters. The second kappa shape index (κ2) is 8.70. The molecule has 2 amide bonds. The summed E-state index contributed by atoms with van der Waals surface area (Å²) >= 11 is 6.30. The van der Waals surface area contributed by atoms with Crippen molar-refractivity contribution in [3.8, 4) is 5.75 Å². The minimum Gasteiger partial charge on any atom is -0.496 e. The number of anilines is 2. The number of aryl methyl sites for hydroxylation is 1. The highest BCUT2D eigenvalue weighted by atomic mass is 127. The van der Waals surface area contributed by atoms with Gasteiger partial charge in [-0.15, -0.1) is 0 Å². The second-order valence-electron chi connectivity index (χ2n) is 5.00. The number of hydrogen-bond acceptors (Lipinski definition) is 3. The lowest BCUT2D eigenvalue weighted by atomic mass is 10.1. The molecule has 2 rings (SSSR count). The molecule has 9 heteroatoms. The number of carbonyl (C=O) groups excluding carboxylic acids is 1. The van der Waals surface area contributed by atoms with Crippen LogP contribution in [0.5, 0.6) is 5.75 Å². The van der Waals surface area contributed by atoms with E-state index in [1.807, 2.05) is 28.7 Å². The van der Waals surface area contributed by atoms with Crippen molar-refractivity contribution in [3.63, 3.8) is 0 Å². The fourth-order valence-electron chi connectivity index (χ4n) is 2.13. The van der Waals surface area contributed by atoms with Crippen molar-refractivity contribution < 1.29 is 19.4 Å². The van der Waals surface area contributed by atoms with Crippen molar-refractivity contribution in [3.05, 3.63) is 46.1 Å². The van der Waals surface area contributed by atoms with Crippen molar-refractivity contribution in [1.29, 1.82) is 0 Å². The Morgan fingerprint density at radius 3 is 2.32 bits per heavy atom. The number of aromatic carboxylic acids is 1. The average molecular weight is 678 g/mol. The van der Waals surface area contributed by atoms with Crippen LogP contribution in [0.25, 0.3) is 0 Å². The number of urea groups is 1. The van der Waals surface area contributed by atoms with Gasteiger partial charge in [-0.3, -0.25) is 0 Å². The Bertz CT molecular complexity index is 856.